The topological polar surface area (TPSA) is 19.7 Å². The number of H-pyrrole nitrogens is 1. The van der Waals surface area contributed by atoms with Crippen molar-refractivity contribution in [2.24, 2.45) is 0 Å². The molecular formula is C46H91N2+. The van der Waals surface area contributed by atoms with E-state index in [1.165, 1.54) is 238 Å². The second kappa shape index (κ2) is 36.0. The number of unbranched alkanes of at least 4 members (excludes halogenated alkanes) is 31. The molecule has 2 heteroatoms. The molecule has 0 spiro atoms. The Morgan fingerprint density at radius 1 is 0.396 bits per heavy atom. The van der Waals surface area contributed by atoms with Gasteiger partial charge in [0.2, 0.25) is 0 Å². The maximum Gasteiger partial charge on any atom is 0.257 e. The van der Waals surface area contributed by atoms with Crippen molar-refractivity contribution in [3.63, 3.8) is 0 Å². The highest BCUT2D eigenvalue weighted by Crippen LogP contribution is 2.27. The molecule has 0 radical (unpaired) electrons. The summed E-state index contributed by atoms with van der Waals surface area (Å²) >= 11 is 0. The highest BCUT2D eigenvalue weighted by atomic mass is 15.1. The summed E-state index contributed by atoms with van der Waals surface area (Å²) in [4.78, 5) is 3.77. The Labute approximate surface area is 304 Å². The summed E-state index contributed by atoms with van der Waals surface area (Å²) in [5, 5.41) is 0. The van der Waals surface area contributed by atoms with Gasteiger partial charge in [-0.25, -0.2) is 9.55 Å². The van der Waals surface area contributed by atoms with Gasteiger partial charge in [-0.15, -0.1) is 0 Å². The van der Waals surface area contributed by atoms with Crippen molar-refractivity contribution >= 4 is 0 Å². The van der Waals surface area contributed by atoms with E-state index in [0.29, 0.717) is 12.0 Å². The third-order valence-corrected chi connectivity index (χ3v) is 11.4. The maximum atomic E-state index is 3.77. The molecule has 1 unspecified atom stereocenters. The van der Waals surface area contributed by atoms with E-state index in [4.69, 9.17) is 0 Å². The van der Waals surface area contributed by atoms with Crippen LogP contribution in [-0.4, -0.2) is 4.98 Å². The number of nitrogens with one attached hydrogen (secondary N) is 1. The molecule has 1 aromatic heterocycles. The molecule has 1 heterocycles. The van der Waals surface area contributed by atoms with Gasteiger partial charge in [-0.05, 0) is 32.6 Å². The highest BCUT2D eigenvalue weighted by molar-refractivity contribution is 4.90. The van der Waals surface area contributed by atoms with Crippen LogP contribution < -0.4 is 4.57 Å². The van der Waals surface area contributed by atoms with Gasteiger partial charge in [0.15, 0.2) is 0 Å². The van der Waals surface area contributed by atoms with Gasteiger partial charge in [0.1, 0.15) is 12.4 Å². The Morgan fingerprint density at radius 2 is 0.667 bits per heavy atom. The van der Waals surface area contributed by atoms with E-state index in [9.17, 15) is 0 Å². The zero-order chi connectivity index (χ0) is 34.6. The number of aromatic nitrogens is 2. The van der Waals surface area contributed by atoms with Crippen LogP contribution in [0, 0.1) is 0 Å². The molecule has 1 atom stereocenters. The lowest BCUT2D eigenvalue weighted by Crippen LogP contribution is -2.41. The molecule has 0 aliphatic carbocycles. The second-order valence-electron chi connectivity index (χ2n) is 16.1. The van der Waals surface area contributed by atoms with Crippen molar-refractivity contribution in [2.45, 2.75) is 277 Å². The van der Waals surface area contributed by atoms with Crippen LogP contribution >= 0.6 is 0 Å². The first-order valence-corrected chi connectivity index (χ1v) is 22.8. The van der Waals surface area contributed by atoms with Gasteiger partial charge in [-0.2, -0.15) is 0 Å². The van der Waals surface area contributed by atoms with Crippen molar-refractivity contribution in [1.29, 1.82) is 0 Å². The van der Waals surface area contributed by atoms with Crippen LogP contribution in [0.1, 0.15) is 283 Å². The molecule has 284 valence electrons. The minimum Gasteiger partial charge on any atom is -0.247 e. The third-order valence-electron chi connectivity index (χ3n) is 11.4. The Hall–Kier alpha value is -0.790. The Kier molecular flexibility index (Phi) is 33.9. The number of aromatic amines is 1. The summed E-state index contributed by atoms with van der Waals surface area (Å²) in [5.41, 5.74) is 0. The SMILES string of the molecule is CCCCCCCCCCCCCCCCC(C)[n+]1cc[nH]c1C(CCCCCCCCCCCC)CCCCCCCCCCCC. The zero-order valence-electron chi connectivity index (χ0n) is 33.9. The Balaban J connectivity index is 2.36. The van der Waals surface area contributed by atoms with Crippen LogP contribution in [0.3, 0.4) is 0 Å². The summed E-state index contributed by atoms with van der Waals surface area (Å²) in [6, 6.07) is 0.617. The molecule has 0 saturated heterocycles. The Bertz CT molecular complexity index is 714. The Morgan fingerprint density at radius 3 is 0.979 bits per heavy atom. The van der Waals surface area contributed by atoms with Crippen molar-refractivity contribution in [2.75, 3.05) is 0 Å². The van der Waals surface area contributed by atoms with Gasteiger partial charge in [0, 0.05) is 0 Å². The fourth-order valence-corrected chi connectivity index (χ4v) is 8.02. The fraction of sp³-hybridized carbons (Fsp3) is 0.935. The normalized spacial score (nSPS) is 12.4. The molecule has 1 N–H and O–H groups in total. The first kappa shape index (κ1) is 45.2. The summed E-state index contributed by atoms with van der Waals surface area (Å²) < 4.78 is 2.65. The third kappa shape index (κ3) is 27.0. The number of imidazole rings is 1. The molecule has 0 aromatic carbocycles. The monoisotopic (exact) mass is 672 g/mol. The van der Waals surface area contributed by atoms with Crippen LogP contribution in [0.5, 0.6) is 0 Å². The van der Waals surface area contributed by atoms with E-state index in [1.807, 2.05) is 0 Å². The molecule has 1 rings (SSSR count). The lowest BCUT2D eigenvalue weighted by molar-refractivity contribution is -0.727. The van der Waals surface area contributed by atoms with Crippen LogP contribution in [0.4, 0.5) is 0 Å². The number of hydrogen-bond donors (Lipinski definition) is 1. The molecule has 0 aliphatic heterocycles. The van der Waals surface area contributed by atoms with Crippen molar-refractivity contribution < 1.29 is 4.57 Å². The summed E-state index contributed by atoms with van der Waals surface area (Å²) in [6.45, 7) is 9.44. The molecule has 0 bridgehead atoms. The minimum absolute atomic E-state index is 0.617. The van der Waals surface area contributed by atoms with Crippen molar-refractivity contribution in [3.05, 3.63) is 18.2 Å². The molecule has 1 aromatic rings. The van der Waals surface area contributed by atoms with Crippen LogP contribution in [0.15, 0.2) is 12.4 Å². The standard InChI is InChI=1S/C46H90N2/c1-5-8-11-14-17-20-23-24-25-26-27-30-33-36-39-44(4)48-43-42-47-46(48)45(40-37-34-31-28-21-18-15-12-9-6-2)41-38-35-32-29-22-19-16-13-10-7-3/h42-45H,5-41H2,1-4H3/p+1. The van der Waals surface area contributed by atoms with Crippen molar-refractivity contribution in [3.8, 4) is 0 Å². The zero-order valence-corrected chi connectivity index (χ0v) is 33.9. The number of hydrogen-bond acceptors (Lipinski definition) is 0. The first-order valence-electron chi connectivity index (χ1n) is 22.8. The molecule has 0 aliphatic rings. The van der Waals surface area contributed by atoms with E-state index in [1.54, 1.807) is 5.82 Å². The largest absolute Gasteiger partial charge is 0.257 e. The van der Waals surface area contributed by atoms with Crippen LogP contribution in [0.2, 0.25) is 0 Å². The van der Waals surface area contributed by atoms with Gasteiger partial charge < -0.3 is 0 Å². The smallest absolute Gasteiger partial charge is 0.247 e. The fourth-order valence-electron chi connectivity index (χ4n) is 8.02. The molecule has 0 fully saturated rings. The molecule has 0 amide bonds. The highest BCUT2D eigenvalue weighted by Gasteiger charge is 2.25. The van der Waals surface area contributed by atoms with E-state index < -0.39 is 0 Å². The second-order valence-corrected chi connectivity index (χ2v) is 16.1. The van der Waals surface area contributed by atoms with E-state index >= 15 is 0 Å². The summed E-state index contributed by atoms with van der Waals surface area (Å²) in [6.07, 6.45) is 57.6. The average Bonchev–Trinajstić information content (AvgIpc) is 3.59. The summed E-state index contributed by atoms with van der Waals surface area (Å²) in [7, 11) is 0. The molecular weight excluding hydrogens is 581 g/mol. The predicted molar refractivity (Wildman–Crippen MR) is 216 cm³/mol. The number of nitrogens with zero attached hydrogens (tertiary/aromatic N) is 1. The van der Waals surface area contributed by atoms with Gasteiger partial charge in [-0.3, -0.25) is 0 Å². The van der Waals surface area contributed by atoms with Crippen molar-refractivity contribution in [1.82, 2.24) is 4.98 Å². The van der Waals surface area contributed by atoms with Gasteiger partial charge >= 0.3 is 0 Å². The van der Waals surface area contributed by atoms with E-state index in [2.05, 4.69) is 49.6 Å². The minimum atomic E-state index is 0.617. The average molecular weight is 672 g/mol. The molecule has 2 nitrogen and oxygen atoms in total. The first-order chi connectivity index (χ1) is 23.7. The number of rotatable bonds is 39. The maximum absolute atomic E-state index is 3.77. The lowest BCUT2D eigenvalue weighted by atomic mass is 9.92. The predicted octanol–water partition coefficient (Wildman–Crippen LogP) is 16.4. The van der Waals surface area contributed by atoms with Gasteiger partial charge in [0.05, 0.1) is 12.0 Å². The van der Waals surface area contributed by atoms with E-state index in [0.717, 1.165) is 0 Å². The summed E-state index contributed by atoms with van der Waals surface area (Å²) in [5.74, 6) is 2.25. The van der Waals surface area contributed by atoms with Gasteiger partial charge in [0.25, 0.3) is 5.82 Å². The molecule has 48 heavy (non-hydrogen) atoms. The lowest BCUT2D eigenvalue weighted by Gasteiger charge is -2.17. The molecule has 0 saturated carbocycles. The van der Waals surface area contributed by atoms with Crippen LogP contribution in [0.25, 0.3) is 0 Å². The van der Waals surface area contributed by atoms with E-state index in [-0.39, 0.29) is 0 Å². The van der Waals surface area contributed by atoms with Gasteiger partial charge in [-0.1, -0.05) is 233 Å². The van der Waals surface area contributed by atoms with Crippen LogP contribution in [-0.2, 0) is 0 Å². The quantitative estimate of drug-likeness (QED) is 0.0531.